The Morgan fingerprint density at radius 2 is 1.79 bits per heavy atom. The van der Waals surface area contributed by atoms with Gasteiger partial charge in [-0.25, -0.2) is 0 Å². The molecular weight excluding hydrogens is 481 g/mol. The van der Waals surface area contributed by atoms with Crippen molar-refractivity contribution in [3.8, 4) is 0 Å². The minimum atomic E-state index is -0.0434. The van der Waals surface area contributed by atoms with Crippen LogP contribution in [0.4, 0.5) is 5.69 Å². The number of nitrogens with one attached hydrogen (secondary N) is 3. The standard InChI is InChI=1S/C20H25N7O.HI/c1-14(2)19(28)24-16-9-7-15(8-10-16)12-22-20(21-3)23-13-18-26-25-17-6-4-5-11-27(17)18;/h4-11,14H,12-13H2,1-3H3,(H,24,28)(H2,21,22,23);1H. The molecule has 1 amide bonds. The average molecular weight is 507 g/mol. The van der Waals surface area contributed by atoms with Gasteiger partial charge >= 0.3 is 0 Å². The number of aromatic nitrogens is 3. The van der Waals surface area contributed by atoms with Crippen molar-refractivity contribution >= 4 is 47.2 Å². The molecule has 0 atom stereocenters. The van der Waals surface area contributed by atoms with E-state index in [-0.39, 0.29) is 35.8 Å². The Bertz CT molecular complexity index is 966. The number of halogens is 1. The zero-order valence-corrected chi connectivity index (χ0v) is 19.0. The monoisotopic (exact) mass is 507 g/mol. The van der Waals surface area contributed by atoms with E-state index in [0.717, 1.165) is 22.7 Å². The molecule has 0 aliphatic rings. The summed E-state index contributed by atoms with van der Waals surface area (Å²) in [7, 11) is 1.72. The second-order valence-corrected chi connectivity index (χ2v) is 6.67. The molecule has 3 rings (SSSR count). The van der Waals surface area contributed by atoms with Crippen molar-refractivity contribution in [1.29, 1.82) is 0 Å². The number of aliphatic imine (C=N–C) groups is 1. The normalized spacial score (nSPS) is 11.2. The van der Waals surface area contributed by atoms with E-state index in [1.807, 2.05) is 66.9 Å². The van der Waals surface area contributed by atoms with Gasteiger partial charge in [-0.15, -0.1) is 34.2 Å². The third-order valence-electron chi connectivity index (χ3n) is 4.23. The molecule has 0 saturated heterocycles. The smallest absolute Gasteiger partial charge is 0.226 e. The lowest BCUT2D eigenvalue weighted by Gasteiger charge is -2.12. The maximum Gasteiger partial charge on any atom is 0.226 e. The highest BCUT2D eigenvalue weighted by atomic mass is 127. The lowest BCUT2D eigenvalue weighted by Crippen LogP contribution is -2.36. The predicted octanol–water partition coefficient (Wildman–Crippen LogP) is 2.81. The van der Waals surface area contributed by atoms with Crippen LogP contribution in [0.1, 0.15) is 25.2 Å². The van der Waals surface area contributed by atoms with Gasteiger partial charge in [-0.3, -0.25) is 14.2 Å². The van der Waals surface area contributed by atoms with Crippen molar-refractivity contribution in [1.82, 2.24) is 25.2 Å². The lowest BCUT2D eigenvalue weighted by molar-refractivity contribution is -0.118. The number of guanidine groups is 1. The minimum Gasteiger partial charge on any atom is -0.352 e. The molecule has 3 aromatic rings. The summed E-state index contributed by atoms with van der Waals surface area (Å²) in [6, 6.07) is 13.5. The molecule has 154 valence electrons. The van der Waals surface area contributed by atoms with Crippen molar-refractivity contribution in [2.24, 2.45) is 10.9 Å². The lowest BCUT2D eigenvalue weighted by atomic mass is 10.1. The van der Waals surface area contributed by atoms with Gasteiger partial charge in [-0.1, -0.05) is 32.0 Å². The third kappa shape index (κ3) is 6.14. The molecule has 0 spiro atoms. The van der Waals surface area contributed by atoms with Gasteiger partial charge in [-0.2, -0.15) is 0 Å². The van der Waals surface area contributed by atoms with E-state index in [9.17, 15) is 4.79 Å². The topological polar surface area (TPSA) is 95.7 Å². The summed E-state index contributed by atoms with van der Waals surface area (Å²) >= 11 is 0. The first-order valence-corrected chi connectivity index (χ1v) is 9.20. The molecule has 0 radical (unpaired) electrons. The molecule has 3 N–H and O–H groups in total. The van der Waals surface area contributed by atoms with E-state index in [0.29, 0.717) is 19.0 Å². The van der Waals surface area contributed by atoms with E-state index < -0.39 is 0 Å². The number of pyridine rings is 1. The molecule has 0 saturated carbocycles. The number of nitrogens with zero attached hydrogens (tertiary/aromatic N) is 4. The van der Waals surface area contributed by atoms with Crippen LogP contribution in [0, 0.1) is 5.92 Å². The molecule has 0 aliphatic carbocycles. The SMILES string of the molecule is CN=C(NCc1ccc(NC(=O)C(C)C)cc1)NCc1nnc2ccccn12.I. The highest BCUT2D eigenvalue weighted by Gasteiger charge is 2.08. The number of carbonyl (C=O) groups is 1. The van der Waals surface area contributed by atoms with Crippen molar-refractivity contribution in [3.63, 3.8) is 0 Å². The first-order chi connectivity index (χ1) is 13.6. The molecule has 0 fully saturated rings. The predicted molar refractivity (Wildman–Crippen MR) is 125 cm³/mol. The van der Waals surface area contributed by atoms with Crippen LogP contribution in [0.3, 0.4) is 0 Å². The zero-order valence-electron chi connectivity index (χ0n) is 16.7. The second-order valence-electron chi connectivity index (χ2n) is 6.67. The Morgan fingerprint density at radius 3 is 2.48 bits per heavy atom. The highest BCUT2D eigenvalue weighted by molar-refractivity contribution is 14.0. The maximum absolute atomic E-state index is 11.7. The molecule has 2 aromatic heterocycles. The summed E-state index contributed by atoms with van der Waals surface area (Å²) in [6.07, 6.45) is 1.93. The van der Waals surface area contributed by atoms with Crippen LogP contribution in [-0.2, 0) is 17.9 Å². The van der Waals surface area contributed by atoms with E-state index in [2.05, 4.69) is 31.1 Å². The summed E-state index contributed by atoms with van der Waals surface area (Å²) in [5.74, 6) is 1.45. The average Bonchev–Trinajstić information content (AvgIpc) is 3.12. The zero-order chi connectivity index (χ0) is 19.9. The van der Waals surface area contributed by atoms with Crippen molar-refractivity contribution in [3.05, 3.63) is 60.0 Å². The minimum absolute atomic E-state index is 0. The first kappa shape index (κ1) is 22.6. The molecule has 29 heavy (non-hydrogen) atoms. The van der Waals surface area contributed by atoms with Crippen molar-refractivity contribution in [2.75, 3.05) is 12.4 Å². The maximum atomic E-state index is 11.7. The summed E-state index contributed by atoms with van der Waals surface area (Å²) in [4.78, 5) is 16.0. The van der Waals surface area contributed by atoms with Crippen LogP contribution in [0.2, 0.25) is 0 Å². The number of carbonyl (C=O) groups excluding carboxylic acids is 1. The Labute approximate surface area is 187 Å². The van der Waals surface area contributed by atoms with Crippen LogP contribution in [0.15, 0.2) is 53.7 Å². The Kier molecular flexibility index (Phi) is 8.37. The number of anilines is 1. The molecule has 8 nitrogen and oxygen atoms in total. The second kappa shape index (κ2) is 10.7. The summed E-state index contributed by atoms with van der Waals surface area (Å²) in [5, 5.41) is 17.7. The van der Waals surface area contributed by atoms with Gasteiger partial charge in [0.1, 0.15) is 0 Å². The van der Waals surface area contributed by atoms with Crippen LogP contribution in [0.5, 0.6) is 0 Å². The van der Waals surface area contributed by atoms with E-state index in [1.54, 1.807) is 7.05 Å². The Balaban J connectivity index is 0.00000300. The fourth-order valence-electron chi connectivity index (χ4n) is 2.57. The van der Waals surface area contributed by atoms with Crippen molar-refractivity contribution in [2.45, 2.75) is 26.9 Å². The van der Waals surface area contributed by atoms with Crippen LogP contribution in [0.25, 0.3) is 5.65 Å². The first-order valence-electron chi connectivity index (χ1n) is 9.20. The number of fused-ring (bicyclic) bond motifs is 1. The number of benzene rings is 1. The van der Waals surface area contributed by atoms with Gasteiger partial charge in [-0.05, 0) is 29.8 Å². The van der Waals surface area contributed by atoms with Gasteiger partial charge in [0.25, 0.3) is 0 Å². The van der Waals surface area contributed by atoms with Gasteiger partial charge < -0.3 is 16.0 Å². The molecule has 0 aliphatic heterocycles. The number of hydrogen-bond acceptors (Lipinski definition) is 4. The summed E-state index contributed by atoms with van der Waals surface area (Å²) in [6.45, 7) is 4.85. The van der Waals surface area contributed by atoms with Crippen molar-refractivity contribution < 1.29 is 4.79 Å². The van der Waals surface area contributed by atoms with Gasteiger partial charge in [0.15, 0.2) is 17.4 Å². The van der Waals surface area contributed by atoms with Gasteiger partial charge in [0.05, 0.1) is 6.54 Å². The number of rotatable bonds is 6. The molecule has 2 heterocycles. The van der Waals surface area contributed by atoms with E-state index in [4.69, 9.17) is 0 Å². The molecule has 0 bridgehead atoms. The highest BCUT2D eigenvalue weighted by Crippen LogP contribution is 2.11. The molecule has 0 unspecified atom stereocenters. The molecule has 1 aromatic carbocycles. The fourth-order valence-corrected chi connectivity index (χ4v) is 2.57. The number of hydrogen-bond donors (Lipinski definition) is 3. The quantitative estimate of drug-likeness (QED) is 0.271. The van der Waals surface area contributed by atoms with E-state index >= 15 is 0 Å². The van der Waals surface area contributed by atoms with E-state index in [1.165, 1.54) is 0 Å². The summed E-state index contributed by atoms with van der Waals surface area (Å²) < 4.78 is 1.93. The third-order valence-corrected chi connectivity index (χ3v) is 4.23. The summed E-state index contributed by atoms with van der Waals surface area (Å²) in [5.41, 5.74) is 2.69. The molecular formula is C20H26IN7O. The van der Waals surface area contributed by atoms with Crippen LogP contribution >= 0.6 is 24.0 Å². The Hall–Kier alpha value is -2.69. The van der Waals surface area contributed by atoms with Gasteiger partial charge in [0, 0.05) is 31.4 Å². The largest absolute Gasteiger partial charge is 0.352 e. The Morgan fingerprint density at radius 1 is 1.07 bits per heavy atom. The van der Waals surface area contributed by atoms with Gasteiger partial charge in [0.2, 0.25) is 5.91 Å². The fraction of sp³-hybridized carbons (Fsp3) is 0.300. The van der Waals surface area contributed by atoms with Crippen LogP contribution in [-0.4, -0.2) is 33.5 Å². The number of amides is 1. The van der Waals surface area contributed by atoms with Crippen LogP contribution < -0.4 is 16.0 Å². The molecule has 9 heteroatoms.